The van der Waals surface area contributed by atoms with Gasteiger partial charge < -0.3 is 21.4 Å². The van der Waals surface area contributed by atoms with Gasteiger partial charge in [0.2, 0.25) is 17.7 Å². The number of amides is 3. The lowest BCUT2D eigenvalue weighted by Crippen LogP contribution is -2.57. The molecule has 8 heteroatoms. The summed E-state index contributed by atoms with van der Waals surface area (Å²) in [6.45, 7) is 7.00. The van der Waals surface area contributed by atoms with Crippen LogP contribution in [0.4, 0.5) is 0 Å². The van der Waals surface area contributed by atoms with E-state index in [0.29, 0.717) is 6.21 Å². The fourth-order valence-electron chi connectivity index (χ4n) is 2.67. The lowest BCUT2D eigenvalue weighted by Gasteiger charge is -2.31. The van der Waals surface area contributed by atoms with E-state index in [0.717, 1.165) is 5.56 Å². The highest BCUT2D eigenvalue weighted by Gasteiger charge is 2.34. The summed E-state index contributed by atoms with van der Waals surface area (Å²) in [6.07, 6.45) is 0.695. The predicted molar refractivity (Wildman–Crippen MR) is 110 cm³/mol. The Labute approximate surface area is 171 Å². The fourth-order valence-corrected chi connectivity index (χ4v) is 2.67. The average molecular weight is 402 g/mol. The minimum absolute atomic E-state index is 0.0481. The Morgan fingerprint density at radius 1 is 1.03 bits per heavy atom. The van der Waals surface area contributed by atoms with Crippen molar-refractivity contribution in [3.63, 3.8) is 0 Å². The van der Waals surface area contributed by atoms with Gasteiger partial charge in [-0.1, -0.05) is 51.1 Å². The second-order valence-corrected chi connectivity index (χ2v) is 7.91. The topological polar surface area (TPSA) is 128 Å². The van der Waals surface area contributed by atoms with Gasteiger partial charge in [-0.25, -0.2) is 0 Å². The maximum atomic E-state index is 12.8. The van der Waals surface area contributed by atoms with Crippen LogP contribution in [0.5, 0.6) is 0 Å². The standard InChI is InChI=1S/C21H30N4O4/c1-14(26)24-18(21(2,3)4)20(29)25-17(11-10-16(27)12-22)19(28)23-13-15-8-6-5-7-9-15/h5-9,12,17-18,22H,10-11,13H2,1-4H3,(H,23,28)(H,24,26)(H,25,29)/t17-,18+/m0/s1. The van der Waals surface area contributed by atoms with Gasteiger partial charge in [-0.15, -0.1) is 0 Å². The quantitative estimate of drug-likeness (QED) is 0.440. The van der Waals surface area contributed by atoms with E-state index in [-0.39, 0.29) is 25.3 Å². The maximum Gasteiger partial charge on any atom is 0.243 e. The maximum absolute atomic E-state index is 12.8. The van der Waals surface area contributed by atoms with Crippen LogP contribution in [0.2, 0.25) is 0 Å². The second-order valence-electron chi connectivity index (χ2n) is 7.91. The highest BCUT2D eigenvalue weighted by atomic mass is 16.2. The van der Waals surface area contributed by atoms with Crippen molar-refractivity contribution in [1.82, 2.24) is 16.0 Å². The lowest BCUT2D eigenvalue weighted by molar-refractivity contribution is -0.134. The minimum Gasteiger partial charge on any atom is -0.350 e. The normalized spacial score (nSPS) is 13.0. The van der Waals surface area contributed by atoms with Crippen LogP contribution < -0.4 is 16.0 Å². The molecule has 0 heterocycles. The summed E-state index contributed by atoms with van der Waals surface area (Å²) in [7, 11) is 0. The number of ketones is 1. The molecule has 1 rings (SSSR count). The number of rotatable bonds is 10. The minimum atomic E-state index is -0.964. The van der Waals surface area contributed by atoms with E-state index < -0.39 is 35.1 Å². The zero-order valence-electron chi connectivity index (χ0n) is 17.4. The van der Waals surface area contributed by atoms with Crippen molar-refractivity contribution in [1.29, 1.82) is 5.41 Å². The Morgan fingerprint density at radius 2 is 1.66 bits per heavy atom. The van der Waals surface area contributed by atoms with Crippen molar-refractivity contribution in [3.05, 3.63) is 35.9 Å². The number of hydrogen-bond acceptors (Lipinski definition) is 5. The molecule has 0 fully saturated rings. The van der Waals surface area contributed by atoms with Crippen molar-refractivity contribution in [2.45, 2.75) is 59.2 Å². The first kappa shape index (κ1) is 24.0. The second kappa shape index (κ2) is 11.1. The number of benzene rings is 1. The Morgan fingerprint density at radius 3 is 2.17 bits per heavy atom. The van der Waals surface area contributed by atoms with E-state index in [2.05, 4.69) is 16.0 Å². The van der Waals surface area contributed by atoms with Crippen LogP contribution >= 0.6 is 0 Å². The highest BCUT2D eigenvalue weighted by molar-refractivity contribution is 6.26. The Hall–Kier alpha value is -3.03. The molecule has 0 aromatic heterocycles. The largest absolute Gasteiger partial charge is 0.350 e. The highest BCUT2D eigenvalue weighted by Crippen LogP contribution is 2.20. The SMILES string of the molecule is CC(=O)N[C@H](C(=O)N[C@@H](CCC(=O)C=N)C(=O)NCc1ccccc1)C(C)(C)C. The molecule has 4 N–H and O–H groups in total. The van der Waals surface area contributed by atoms with Crippen molar-refractivity contribution < 1.29 is 19.2 Å². The molecule has 1 aromatic rings. The van der Waals surface area contributed by atoms with Crippen LogP contribution in [0.15, 0.2) is 30.3 Å². The number of carbonyl (C=O) groups is 4. The summed E-state index contributed by atoms with van der Waals surface area (Å²) >= 11 is 0. The van der Waals surface area contributed by atoms with E-state index in [1.165, 1.54) is 6.92 Å². The summed E-state index contributed by atoms with van der Waals surface area (Å²) < 4.78 is 0. The monoisotopic (exact) mass is 402 g/mol. The number of Topliss-reactive ketones (excluding diaryl/α,β-unsaturated/α-hetero) is 1. The summed E-state index contributed by atoms with van der Waals surface area (Å²) in [6, 6.07) is 7.48. The molecule has 3 amide bonds. The molecular formula is C21H30N4O4. The van der Waals surface area contributed by atoms with Gasteiger partial charge in [-0.05, 0) is 17.4 Å². The first-order valence-corrected chi connectivity index (χ1v) is 9.47. The van der Waals surface area contributed by atoms with Gasteiger partial charge in [0.05, 0.1) is 6.21 Å². The zero-order valence-corrected chi connectivity index (χ0v) is 17.4. The first-order valence-electron chi connectivity index (χ1n) is 9.47. The van der Waals surface area contributed by atoms with Crippen molar-refractivity contribution in [2.75, 3.05) is 0 Å². The third-order valence-electron chi connectivity index (χ3n) is 4.26. The van der Waals surface area contributed by atoms with Gasteiger partial charge in [-0.3, -0.25) is 19.2 Å². The molecule has 0 saturated carbocycles. The zero-order chi connectivity index (χ0) is 22.0. The van der Waals surface area contributed by atoms with Gasteiger partial charge >= 0.3 is 0 Å². The third-order valence-corrected chi connectivity index (χ3v) is 4.26. The summed E-state index contributed by atoms with van der Waals surface area (Å²) in [4.78, 5) is 48.5. The van der Waals surface area contributed by atoms with E-state index in [9.17, 15) is 19.2 Å². The van der Waals surface area contributed by atoms with E-state index in [1.807, 2.05) is 30.3 Å². The van der Waals surface area contributed by atoms with E-state index in [4.69, 9.17) is 5.41 Å². The molecule has 0 aliphatic rings. The van der Waals surface area contributed by atoms with Crippen LogP contribution in [0.25, 0.3) is 0 Å². The molecule has 0 aliphatic heterocycles. The van der Waals surface area contributed by atoms with Crippen molar-refractivity contribution in [2.24, 2.45) is 5.41 Å². The first-order chi connectivity index (χ1) is 13.5. The van der Waals surface area contributed by atoms with Gasteiger partial charge in [0.1, 0.15) is 12.1 Å². The molecule has 0 unspecified atom stereocenters. The lowest BCUT2D eigenvalue weighted by atomic mass is 9.85. The Balaban J connectivity index is 2.90. The van der Waals surface area contributed by atoms with Gasteiger partial charge in [0.25, 0.3) is 0 Å². The van der Waals surface area contributed by atoms with Gasteiger partial charge in [-0.2, -0.15) is 0 Å². The number of hydrogen-bond donors (Lipinski definition) is 4. The van der Waals surface area contributed by atoms with E-state index >= 15 is 0 Å². The molecule has 0 aliphatic carbocycles. The van der Waals surface area contributed by atoms with Gasteiger partial charge in [0.15, 0.2) is 5.78 Å². The summed E-state index contributed by atoms with van der Waals surface area (Å²) in [5, 5.41) is 15.0. The van der Waals surface area contributed by atoms with Gasteiger partial charge in [0, 0.05) is 19.9 Å². The molecule has 1 aromatic carbocycles. The molecule has 0 bridgehead atoms. The van der Waals surface area contributed by atoms with Crippen LogP contribution in [0.3, 0.4) is 0 Å². The van der Waals surface area contributed by atoms with Crippen molar-refractivity contribution >= 4 is 29.7 Å². The molecule has 2 atom stereocenters. The smallest absolute Gasteiger partial charge is 0.243 e. The Bertz CT molecular complexity index is 741. The molecular weight excluding hydrogens is 372 g/mol. The van der Waals surface area contributed by atoms with Crippen LogP contribution in [-0.2, 0) is 25.7 Å². The Kier molecular flexibility index (Phi) is 9.18. The van der Waals surface area contributed by atoms with E-state index in [1.54, 1.807) is 20.8 Å². The molecule has 158 valence electrons. The van der Waals surface area contributed by atoms with Crippen LogP contribution in [0, 0.1) is 10.8 Å². The average Bonchev–Trinajstić information content (AvgIpc) is 2.66. The van der Waals surface area contributed by atoms with Crippen LogP contribution in [-0.4, -0.2) is 41.8 Å². The summed E-state index contributed by atoms with van der Waals surface area (Å²) in [5.74, 6) is -1.73. The fraction of sp³-hybridized carbons (Fsp3) is 0.476. The predicted octanol–water partition coefficient (Wildman–Crippen LogP) is 1.34. The number of carbonyl (C=O) groups excluding carboxylic acids is 4. The molecule has 8 nitrogen and oxygen atoms in total. The molecule has 0 radical (unpaired) electrons. The van der Waals surface area contributed by atoms with Crippen molar-refractivity contribution in [3.8, 4) is 0 Å². The number of nitrogens with one attached hydrogen (secondary N) is 4. The molecule has 0 saturated heterocycles. The molecule has 0 spiro atoms. The summed E-state index contributed by atoms with van der Waals surface area (Å²) in [5.41, 5.74) is 0.318. The molecule has 29 heavy (non-hydrogen) atoms. The third kappa shape index (κ3) is 8.68. The van der Waals surface area contributed by atoms with Crippen LogP contribution in [0.1, 0.15) is 46.1 Å².